The van der Waals surface area contributed by atoms with Gasteiger partial charge in [0.05, 0.1) is 6.42 Å². The third kappa shape index (κ3) is 3.65. The molecular formula is C15H20N4O2S. The Morgan fingerprint density at radius 1 is 1.45 bits per heavy atom. The van der Waals surface area contributed by atoms with Gasteiger partial charge in [-0.1, -0.05) is 6.07 Å². The average Bonchev–Trinajstić information content (AvgIpc) is 3.17. The molecule has 1 saturated heterocycles. The van der Waals surface area contributed by atoms with Crippen molar-refractivity contribution in [3.63, 3.8) is 0 Å². The lowest BCUT2D eigenvalue weighted by Crippen LogP contribution is -2.44. The van der Waals surface area contributed by atoms with Crippen LogP contribution in [0.1, 0.15) is 36.4 Å². The number of aryl methyl sites for hydroxylation is 1. The molecule has 22 heavy (non-hydrogen) atoms. The Balaban J connectivity index is 1.61. The van der Waals surface area contributed by atoms with E-state index in [-0.39, 0.29) is 18.0 Å². The molecule has 0 aliphatic carbocycles. The first-order valence-electron chi connectivity index (χ1n) is 7.68. The smallest absolute Gasteiger partial charge is 0.339 e. The summed E-state index contributed by atoms with van der Waals surface area (Å²) in [5.41, 5.74) is -0.365. The molecule has 2 N–H and O–H groups in total. The van der Waals surface area contributed by atoms with E-state index in [1.165, 1.54) is 11.3 Å². The average molecular weight is 320 g/mol. The number of carbonyl (C=O) groups is 1. The molecule has 1 aliphatic heterocycles. The summed E-state index contributed by atoms with van der Waals surface area (Å²) < 4.78 is 0. The summed E-state index contributed by atoms with van der Waals surface area (Å²) in [6, 6.07) is 4.51. The number of hydrogen-bond donors (Lipinski definition) is 2. The van der Waals surface area contributed by atoms with Crippen molar-refractivity contribution in [2.75, 3.05) is 6.54 Å². The molecule has 0 radical (unpaired) electrons. The Morgan fingerprint density at radius 2 is 2.36 bits per heavy atom. The fourth-order valence-corrected chi connectivity index (χ4v) is 3.75. The normalized spacial score (nSPS) is 18.5. The van der Waals surface area contributed by atoms with Crippen LogP contribution < -0.4 is 5.69 Å². The maximum absolute atomic E-state index is 12.5. The highest BCUT2D eigenvalue weighted by Crippen LogP contribution is 2.23. The Hall–Kier alpha value is -1.89. The zero-order valence-electron chi connectivity index (χ0n) is 12.4. The van der Waals surface area contributed by atoms with Crippen molar-refractivity contribution in [2.45, 2.75) is 44.6 Å². The van der Waals surface area contributed by atoms with Gasteiger partial charge in [-0.2, -0.15) is 5.10 Å². The number of H-pyrrole nitrogens is 2. The van der Waals surface area contributed by atoms with Gasteiger partial charge in [0.15, 0.2) is 0 Å². The van der Waals surface area contributed by atoms with Gasteiger partial charge < -0.3 is 4.90 Å². The zero-order valence-corrected chi connectivity index (χ0v) is 13.2. The van der Waals surface area contributed by atoms with Crippen molar-refractivity contribution in [2.24, 2.45) is 0 Å². The number of likely N-dealkylation sites (tertiary alicyclic amines) is 1. The van der Waals surface area contributed by atoms with Gasteiger partial charge in [-0.3, -0.25) is 9.78 Å². The van der Waals surface area contributed by atoms with E-state index < -0.39 is 0 Å². The van der Waals surface area contributed by atoms with Crippen LogP contribution >= 0.6 is 11.3 Å². The number of thiophene rings is 1. The molecule has 1 atom stereocenters. The number of piperidine rings is 1. The lowest BCUT2D eigenvalue weighted by atomic mass is 9.97. The van der Waals surface area contributed by atoms with Gasteiger partial charge in [-0.25, -0.2) is 9.89 Å². The molecular weight excluding hydrogens is 300 g/mol. The van der Waals surface area contributed by atoms with E-state index in [9.17, 15) is 9.59 Å². The Morgan fingerprint density at radius 3 is 3.09 bits per heavy atom. The lowest BCUT2D eigenvalue weighted by Gasteiger charge is -2.35. The standard InChI is InChI=1S/C15H20N4O2S/c20-14(10-13-16-15(21)18-17-13)19-8-2-1-4-11(19)6-7-12-5-3-9-22-12/h3,5,9,11H,1-2,4,6-8,10H2,(H2,16,17,18,21)/t11-/m1/s1. The van der Waals surface area contributed by atoms with Crippen LogP contribution in [-0.4, -0.2) is 38.6 Å². The topological polar surface area (TPSA) is 81.8 Å². The van der Waals surface area contributed by atoms with Crippen LogP contribution in [0, 0.1) is 0 Å². The molecule has 0 spiro atoms. The summed E-state index contributed by atoms with van der Waals surface area (Å²) in [5, 5.41) is 8.22. The molecule has 7 heteroatoms. The molecule has 1 amide bonds. The first kappa shape index (κ1) is 15.0. The molecule has 2 aromatic heterocycles. The molecule has 6 nitrogen and oxygen atoms in total. The van der Waals surface area contributed by atoms with Crippen molar-refractivity contribution in [3.05, 3.63) is 38.7 Å². The fraction of sp³-hybridized carbons (Fsp3) is 0.533. The van der Waals surface area contributed by atoms with Gasteiger partial charge in [0, 0.05) is 17.5 Å². The van der Waals surface area contributed by atoms with Crippen LogP contribution in [0.4, 0.5) is 0 Å². The number of rotatable bonds is 5. The van der Waals surface area contributed by atoms with Crippen molar-refractivity contribution in [1.82, 2.24) is 20.1 Å². The van der Waals surface area contributed by atoms with Crippen molar-refractivity contribution < 1.29 is 4.79 Å². The maximum atomic E-state index is 12.5. The van der Waals surface area contributed by atoms with E-state index in [4.69, 9.17) is 0 Å². The second-order valence-corrected chi connectivity index (χ2v) is 6.69. The van der Waals surface area contributed by atoms with Crippen LogP contribution in [0.15, 0.2) is 22.3 Å². The highest BCUT2D eigenvalue weighted by molar-refractivity contribution is 7.09. The largest absolute Gasteiger partial charge is 0.340 e. The van der Waals surface area contributed by atoms with Crippen molar-refractivity contribution >= 4 is 17.2 Å². The molecule has 0 unspecified atom stereocenters. The minimum atomic E-state index is -0.365. The van der Waals surface area contributed by atoms with Gasteiger partial charge in [0.25, 0.3) is 0 Å². The number of hydrogen-bond acceptors (Lipinski definition) is 4. The minimum Gasteiger partial charge on any atom is -0.339 e. The highest BCUT2D eigenvalue weighted by Gasteiger charge is 2.27. The summed E-state index contributed by atoms with van der Waals surface area (Å²) >= 11 is 1.77. The van der Waals surface area contributed by atoms with Gasteiger partial charge in [0.2, 0.25) is 5.91 Å². The summed E-state index contributed by atoms with van der Waals surface area (Å²) in [6.45, 7) is 0.808. The number of aromatic nitrogens is 3. The molecule has 0 bridgehead atoms. The summed E-state index contributed by atoms with van der Waals surface area (Å²) in [4.78, 5) is 29.4. The summed E-state index contributed by atoms with van der Waals surface area (Å²) in [6.07, 6.45) is 5.48. The Kier molecular flexibility index (Phi) is 4.72. The van der Waals surface area contributed by atoms with Gasteiger partial charge >= 0.3 is 5.69 Å². The SMILES string of the molecule is O=C(Cc1n[nH]c(=O)[nH]1)N1CCCC[C@@H]1CCc1cccs1. The number of nitrogens with one attached hydrogen (secondary N) is 2. The van der Waals surface area contributed by atoms with Gasteiger partial charge in [-0.05, 0) is 43.6 Å². The fourth-order valence-electron chi connectivity index (χ4n) is 3.03. The molecule has 0 aromatic carbocycles. The predicted molar refractivity (Wildman–Crippen MR) is 84.9 cm³/mol. The number of aromatic amines is 2. The van der Waals surface area contributed by atoms with Crippen LogP contribution in [0.2, 0.25) is 0 Å². The van der Waals surface area contributed by atoms with Gasteiger partial charge in [0.1, 0.15) is 5.82 Å². The van der Waals surface area contributed by atoms with Gasteiger partial charge in [-0.15, -0.1) is 11.3 Å². The van der Waals surface area contributed by atoms with Crippen LogP contribution in [-0.2, 0) is 17.6 Å². The minimum absolute atomic E-state index is 0.0543. The van der Waals surface area contributed by atoms with Crippen molar-refractivity contribution in [3.8, 4) is 0 Å². The Labute approximate surface area is 132 Å². The van der Waals surface area contributed by atoms with E-state index >= 15 is 0 Å². The number of carbonyl (C=O) groups excluding carboxylic acids is 1. The molecule has 1 fully saturated rings. The van der Waals surface area contributed by atoms with Crippen LogP contribution in [0.25, 0.3) is 0 Å². The number of nitrogens with zero attached hydrogens (tertiary/aromatic N) is 2. The predicted octanol–water partition coefficient (Wildman–Crippen LogP) is 1.72. The van der Waals surface area contributed by atoms with E-state index in [1.807, 2.05) is 4.90 Å². The van der Waals surface area contributed by atoms with E-state index in [1.54, 1.807) is 11.3 Å². The second-order valence-electron chi connectivity index (χ2n) is 5.66. The Bertz CT molecular complexity index is 661. The molecule has 2 aromatic rings. The lowest BCUT2D eigenvalue weighted by molar-refractivity contribution is -0.134. The third-order valence-electron chi connectivity index (χ3n) is 4.12. The first-order chi connectivity index (χ1) is 10.7. The molecule has 3 rings (SSSR count). The molecule has 3 heterocycles. The van der Waals surface area contributed by atoms with E-state index in [0.717, 1.165) is 32.2 Å². The molecule has 118 valence electrons. The molecule has 0 saturated carbocycles. The van der Waals surface area contributed by atoms with E-state index in [2.05, 4.69) is 32.7 Å². The first-order valence-corrected chi connectivity index (χ1v) is 8.56. The quantitative estimate of drug-likeness (QED) is 0.880. The molecule has 1 aliphatic rings. The number of amides is 1. The van der Waals surface area contributed by atoms with Crippen LogP contribution in [0.3, 0.4) is 0 Å². The second kappa shape index (κ2) is 6.91. The van der Waals surface area contributed by atoms with Crippen LogP contribution in [0.5, 0.6) is 0 Å². The van der Waals surface area contributed by atoms with E-state index in [0.29, 0.717) is 11.9 Å². The monoisotopic (exact) mass is 320 g/mol. The highest BCUT2D eigenvalue weighted by atomic mass is 32.1. The maximum Gasteiger partial charge on any atom is 0.340 e. The third-order valence-corrected chi connectivity index (χ3v) is 5.06. The summed E-state index contributed by atoms with van der Waals surface area (Å²) in [7, 11) is 0. The zero-order chi connectivity index (χ0) is 15.4. The van der Waals surface area contributed by atoms with Crippen molar-refractivity contribution in [1.29, 1.82) is 0 Å². The summed E-state index contributed by atoms with van der Waals surface area (Å²) in [5.74, 6) is 0.469.